The molecule has 0 aliphatic heterocycles. The van der Waals surface area contributed by atoms with E-state index in [-0.39, 0.29) is 12.5 Å². The smallest absolute Gasteiger partial charge is 0.255 e. The minimum absolute atomic E-state index is 0.0630. The first-order valence-corrected chi connectivity index (χ1v) is 5.88. The number of rotatable bonds is 3. The zero-order chi connectivity index (χ0) is 13.7. The molecule has 0 saturated heterocycles. The van der Waals surface area contributed by atoms with Crippen molar-refractivity contribution in [3.05, 3.63) is 33.8 Å². The molecule has 1 amide bonds. The molecule has 1 atom stereocenters. The molecule has 98 valence electrons. The molecule has 0 heterocycles. The standard InChI is InChI=1S/C11H13Cl2N3O2/c1-6(17)10(18)16-11(14)15-5-7-2-3-8(12)9(13)4-7/h2-4,6,17H,5H2,1H3,(H3,14,15,16,18). The Hall–Kier alpha value is -1.30. The van der Waals surface area contributed by atoms with Gasteiger partial charge in [-0.3, -0.25) is 10.1 Å². The van der Waals surface area contributed by atoms with E-state index in [4.69, 9.17) is 34.0 Å². The van der Waals surface area contributed by atoms with Gasteiger partial charge in [0.1, 0.15) is 6.10 Å². The molecule has 0 bridgehead atoms. The van der Waals surface area contributed by atoms with E-state index >= 15 is 0 Å². The van der Waals surface area contributed by atoms with Crippen LogP contribution in [0.15, 0.2) is 23.2 Å². The van der Waals surface area contributed by atoms with Crippen LogP contribution in [0.4, 0.5) is 0 Å². The summed E-state index contributed by atoms with van der Waals surface area (Å²) in [6.07, 6.45) is -1.14. The van der Waals surface area contributed by atoms with Crippen molar-refractivity contribution in [3.8, 4) is 0 Å². The number of carbonyl (C=O) groups excluding carboxylic acids is 1. The van der Waals surface area contributed by atoms with Gasteiger partial charge in [0.15, 0.2) is 5.96 Å². The second-order valence-corrected chi connectivity index (χ2v) is 4.43. The van der Waals surface area contributed by atoms with Crippen molar-refractivity contribution in [1.82, 2.24) is 5.32 Å². The Labute approximate surface area is 115 Å². The Morgan fingerprint density at radius 1 is 1.50 bits per heavy atom. The zero-order valence-corrected chi connectivity index (χ0v) is 11.2. The maximum atomic E-state index is 11.1. The summed E-state index contributed by atoms with van der Waals surface area (Å²) in [7, 11) is 0. The lowest BCUT2D eigenvalue weighted by Gasteiger charge is -2.06. The highest BCUT2D eigenvalue weighted by Crippen LogP contribution is 2.22. The van der Waals surface area contributed by atoms with E-state index in [0.717, 1.165) is 5.56 Å². The Morgan fingerprint density at radius 3 is 2.72 bits per heavy atom. The lowest BCUT2D eigenvalue weighted by Crippen LogP contribution is -2.41. The molecule has 7 heteroatoms. The van der Waals surface area contributed by atoms with Crippen LogP contribution >= 0.6 is 23.2 Å². The van der Waals surface area contributed by atoms with Gasteiger partial charge in [-0.2, -0.15) is 0 Å². The Balaban J connectivity index is 2.62. The largest absolute Gasteiger partial charge is 0.384 e. The van der Waals surface area contributed by atoms with E-state index in [1.54, 1.807) is 18.2 Å². The lowest BCUT2D eigenvalue weighted by atomic mass is 10.2. The maximum Gasteiger partial charge on any atom is 0.255 e. The number of halogens is 2. The number of amides is 1. The van der Waals surface area contributed by atoms with Crippen LogP contribution in [0, 0.1) is 0 Å². The summed E-state index contributed by atoms with van der Waals surface area (Å²) in [6, 6.07) is 5.07. The monoisotopic (exact) mass is 289 g/mol. The van der Waals surface area contributed by atoms with Gasteiger partial charge in [-0.25, -0.2) is 4.99 Å². The fourth-order valence-corrected chi connectivity index (χ4v) is 1.41. The van der Waals surface area contributed by atoms with Crippen LogP contribution in [-0.2, 0) is 11.3 Å². The predicted octanol–water partition coefficient (Wildman–Crippen LogP) is 1.31. The molecule has 0 radical (unpaired) electrons. The minimum Gasteiger partial charge on any atom is -0.384 e. The number of aliphatic hydroxyl groups is 1. The highest BCUT2D eigenvalue weighted by Gasteiger charge is 2.09. The molecule has 18 heavy (non-hydrogen) atoms. The van der Waals surface area contributed by atoms with Crippen LogP contribution in [0.1, 0.15) is 12.5 Å². The van der Waals surface area contributed by atoms with E-state index in [2.05, 4.69) is 10.3 Å². The van der Waals surface area contributed by atoms with Crippen LogP contribution in [0.3, 0.4) is 0 Å². The minimum atomic E-state index is -1.14. The molecule has 0 aromatic heterocycles. The van der Waals surface area contributed by atoms with Crippen molar-refractivity contribution in [2.45, 2.75) is 19.6 Å². The number of nitrogens with zero attached hydrogens (tertiary/aromatic N) is 1. The molecule has 0 fully saturated rings. The van der Waals surface area contributed by atoms with E-state index in [9.17, 15) is 4.79 Å². The van der Waals surface area contributed by atoms with Crippen molar-refractivity contribution in [2.24, 2.45) is 10.7 Å². The van der Waals surface area contributed by atoms with Gasteiger partial charge in [0.2, 0.25) is 0 Å². The van der Waals surface area contributed by atoms with Gasteiger partial charge in [-0.1, -0.05) is 29.3 Å². The molecule has 0 saturated carbocycles. The molecule has 1 rings (SSSR count). The number of benzene rings is 1. The molecule has 0 aliphatic rings. The molecule has 1 aromatic carbocycles. The Morgan fingerprint density at radius 2 is 2.17 bits per heavy atom. The predicted molar refractivity (Wildman–Crippen MR) is 71.6 cm³/mol. The van der Waals surface area contributed by atoms with E-state index < -0.39 is 12.0 Å². The molecular formula is C11H13Cl2N3O2. The summed E-state index contributed by atoms with van der Waals surface area (Å²) in [4.78, 5) is 15.0. The van der Waals surface area contributed by atoms with Crippen molar-refractivity contribution in [1.29, 1.82) is 0 Å². The van der Waals surface area contributed by atoms with Crippen molar-refractivity contribution < 1.29 is 9.90 Å². The molecular weight excluding hydrogens is 277 g/mol. The summed E-state index contributed by atoms with van der Waals surface area (Å²) in [5.74, 6) is -0.669. The van der Waals surface area contributed by atoms with Crippen molar-refractivity contribution in [3.63, 3.8) is 0 Å². The fourth-order valence-electron chi connectivity index (χ4n) is 1.08. The summed E-state index contributed by atoms with van der Waals surface area (Å²) < 4.78 is 0. The van der Waals surface area contributed by atoms with Gasteiger partial charge in [0, 0.05) is 0 Å². The highest BCUT2D eigenvalue weighted by atomic mass is 35.5. The molecule has 5 nitrogen and oxygen atoms in total. The summed E-state index contributed by atoms with van der Waals surface area (Å²) in [5.41, 5.74) is 6.28. The number of hydrogen-bond donors (Lipinski definition) is 3. The second kappa shape index (κ2) is 6.58. The first kappa shape index (κ1) is 14.8. The first-order chi connectivity index (χ1) is 8.40. The van der Waals surface area contributed by atoms with E-state index in [0.29, 0.717) is 10.0 Å². The van der Waals surface area contributed by atoms with Gasteiger partial charge in [0.05, 0.1) is 16.6 Å². The topological polar surface area (TPSA) is 87.7 Å². The molecule has 1 aromatic rings. The third kappa shape index (κ3) is 4.52. The van der Waals surface area contributed by atoms with Gasteiger partial charge < -0.3 is 10.8 Å². The van der Waals surface area contributed by atoms with E-state index in [1.807, 2.05) is 0 Å². The second-order valence-electron chi connectivity index (χ2n) is 3.62. The van der Waals surface area contributed by atoms with Crippen molar-refractivity contribution >= 4 is 35.1 Å². The average Bonchev–Trinajstić information content (AvgIpc) is 2.30. The number of aliphatic hydroxyl groups excluding tert-OH is 1. The molecule has 4 N–H and O–H groups in total. The van der Waals surface area contributed by atoms with Crippen LogP contribution in [0.2, 0.25) is 10.0 Å². The van der Waals surface area contributed by atoms with Gasteiger partial charge in [-0.05, 0) is 24.6 Å². The lowest BCUT2D eigenvalue weighted by molar-refractivity contribution is -0.126. The molecule has 0 spiro atoms. The first-order valence-electron chi connectivity index (χ1n) is 5.13. The van der Waals surface area contributed by atoms with E-state index in [1.165, 1.54) is 6.92 Å². The number of guanidine groups is 1. The third-order valence-electron chi connectivity index (χ3n) is 2.05. The highest BCUT2D eigenvalue weighted by molar-refractivity contribution is 6.42. The maximum absolute atomic E-state index is 11.1. The van der Waals surface area contributed by atoms with Crippen LogP contribution in [-0.4, -0.2) is 23.1 Å². The molecule has 0 aliphatic carbocycles. The van der Waals surface area contributed by atoms with Crippen LogP contribution in [0.25, 0.3) is 0 Å². The number of carbonyl (C=O) groups is 1. The number of aliphatic imine (C=N–C) groups is 1. The number of nitrogens with one attached hydrogen (secondary N) is 1. The fraction of sp³-hybridized carbons (Fsp3) is 0.273. The van der Waals surface area contributed by atoms with Crippen LogP contribution < -0.4 is 11.1 Å². The average molecular weight is 290 g/mol. The number of hydrogen-bond acceptors (Lipinski definition) is 3. The van der Waals surface area contributed by atoms with Gasteiger partial charge in [-0.15, -0.1) is 0 Å². The van der Waals surface area contributed by atoms with Crippen LogP contribution in [0.5, 0.6) is 0 Å². The third-order valence-corrected chi connectivity index (χ3v) is 2.79. The normalized spacial score (nSPS) is 13.2. The number of nitrogens with two attached hydrogens (primary N) is 1. The summed E-state index contributed by atoms with van der Waals surface area (Å²) in [5, 5.41) is 12.1. The quantitative estimate of drug-likeness (QED) is 0.579. The SMILES string of the molecule is CC(O)C(=O)NC(N)=NCc1ccc(Cl)c(Cl)c1. The van der Waals surface area contributed by atoms with Crippen molar-refractivity contribution in [2.75, 3.05) is 0 Å². The Bertz CT molecular complexity index is 475. The van der Waals surface area contributed by atoms with Gasteiger partial charge >= 0.3 is 0 Å². The summed E-state index contributed by atoms with van der Waals surface area (Å²) in [6.45, 7) is 1.59. The Kier molecular flexibility index (Phi) is 5.40. The summed E-state index contributed by atoms with van der Waals surface area (Å²) >= 11 is 11.6. The molecule has 1 unspecified atom stereocenters. The van der Waals surface area contributed by atoms with Gasteiger partial charge in [0.25, 0.3) is 5.91 Å². The zero-order valence-electron chi connectivity index (χ0n) is 9.65.